The molecule has 1 aromatic rings. The van der Waals surface area contributed by atoms with Gasteiger partial charge in [0, 0.05) is 6.42 Å². The van der Waals surface area contributed by atoms with Crippen molar-refractivity contribution in [1.29, 1.82) is 0 Å². The van der Waals surface area contributed by atoms with Gasteiger partial charge < -0.3 is 20.4 Å². The molecular weight excluding hydrogens is 480 g/mol. The smallest absolute Gasteiger partial charge is 0.326 e. The Morgan fingerprint density at radius 2 is 1.79 bits per heavy atom. The quantitative estimate of drug-likeness (QED) is 0.442. The van der Waals surface area contributed by atoms with Gasteiger partial charge in [-0.05, 0) is 98.5 Å². The predicted octanol–water partition coefficient (Wildman–Crippen LogP) is 4.88. The Labute approximate surface area is 225 Å². The molecule has 0 radical (unpaired) electrons. The van der Waals surface area contributed by atoms with Crippen molar-refractivity contribution in [2.24, 2.45) is 33.7 Å². The molecule has 0 aromatic heterocycles. The Morgan fingerprint density at radius 1 is 1.05 bits per heavy atom. The van der Waals surface area contributed by atoms with E-state index >= 15 is 0 Å². The first-order chi connectivity index (χ1) is 18.0. The second-order valence-electron chi connectivity index (χ2n) is 12.8. The number of carboxylic acid groups (broad SMARTS) is 1. The third-order valence-corrected chi connectivity index (χ3v) is 10.8. The van der Waals surface area contributed by atoms with E-state index < -0.39 is 23.5 Å². The summed E-state index contributed by atoms with van der Waals surface area (Å²) in [5.41, 5.74) is 2.77. The summed E-state index contributed by atoms with van der Waals surface area (Å²) in [7, 11) is 0. The third kappa shape index (κ3) is 4.78. The van der Waals surface area contributed by atoms with Gasteiger partial charge in [-0.25, -0.2) is 4.79 Å². The van der Waals surface area contributed by atoms with E-state index in [9.17, 15) is 19.8 Å². The number of carboxylic acids is 1. The van der Waals surface area contributed by atoms with Gasteiger partial charge in [-0.3, -0.25) is 4.79 Å². The fourth-order valence-electron chi connectivity index (χ4n) is 8.35. The molecule has 0 bridgehead atoms. The molecule has 3 N–H and O–H groups in total. The number of hydrogen-bond donors (Lipinski definition) is 3. The first kappa shape index (κ1) is 26.9. The lowest BCUT2D eigenvalue weighted by molar-refractivity contribution is -0.142. The fraction of sp³-hybridized carbons (Fsp3) is 0.645. The molecule has 0 aliphatic heterocycles. The summed E-state index contributed by atoms with van der Waals surface area (Å²) in [4.78, 5) is 29.4. The van der Waals surface area contributed by atoms with E-state index in [1.165, 1.54) is 12.0 Å². The van der Waals surface area contributed by atoms with Gasteiger partial charge in [0.1, 0.15) is 6.04 Å². The normalized spacial score (nSPS) is 37.8. The van der Waals surface area contributed by atoms with E-state index in [2.05, 4.69) is 37.3 Å². The van der Waals surface area contributed by atoms with E-state index in [1.807, 2.05) is 30.3 Å². The lowest BCUT2D eigenvalue weighted by Gasteiger charge is -2.59. The minimum absolute atomic E-state index is 0.0299. The molecule has 7 heteroatoms. The number of aliphatic hydroxyl groups is 1. The highest BCUT2D eigenvalue weighted by molar-refractivity contribution is 5.96. The van der Waals surface area contributed by atoms with E-state index in [0.29, 0.717) is 17.8 Å². The summed E-state index contributed by atoms with van der Waals surface area (Å²) in [6, 6.07) is 8.21. The Bertz CT molecular complexity index is 1130. The van der Waals surface area contributed by atoms with Crippen molar-refractivity contribution in [3.05, 3.63) is 47.5 Å². The number of benzene rings is 1. The van der Waals surface area contributed by atoms with Crippen LogP contribution in [-0.4, -0.2) is 46.1 Å². The van der Waals surface area contributed by atoms with Crippen LogP contribution in [0.4, 0.5) is 0 Å². The van der Waals surface area contributed by atoms with Gasteiger partial charge >= 0.3 is 5.97 Å². The maximum Gasteiger partial charge on any atom is 0.326 e. The zero-order valence-electron chi connectivity index (χ0n) is 22.9. The molecular formula is C31H42N2O5. The van der Waals surface area contributed by atoms with Gasteiger partial charge in [-0.2, -0.15) is 0 Å². The van der Waals surface area contributed by atoms with Gasteiger partial charge in [0.05, 0.1) is 11.3 Å². The van der Waals surface area contributed by atoms with Crippen LogP contribution in [0.15, 0.2) is 47.1 Å². The number of fused-ring (bicyclic) bond motifs is 5. The number of nitrogens with one attached hydrogen (secondary N) is 1. The minimum atomic E-state index is -1.08. The molecule has 4 aliphatic rings. The van der Waals surface area contributed by atoms with Crippen molar-refractivity contribution in [2.75, 3.05) is 6.61 Å². The van der Waals surface area contributed by atoms with Crippen molar-refractivity contribution in [2.45, 2.75) is 90.2 Å². The highest BCUT2D eigenvalue weighted by Gasteiger charge is 2.62. The molecule has 4 aliphatic carbocycles. The lowest BCUT2D eigenvalue weighted by atomic mass is 9.46. The summed E-state index contributed by atoms with van der Waals surface area (Å²) in [5, 5.41) is 27.5. The van der Waals surface area contributed by atoms with Crippen molar-refractivity contribution in [3.8, 4) is 0 Å². The van der Waals surface area contributed by atoms with Crippen LogP contribution in [-0.2, 0) is 20.8 Å². The molecule has 1 amide bonds. The molecule has 0 saturated heterocycles. The summed E-state index contributed by atoms with van der Waals surface area (Å²) in [6.45, 7) is 6.49. The molecule has 0 spiro atoms. The second kappa shape index (κ2) is 10.1. The van der Waals surface area contributed by atoms with Gasteiger partial charge in [0.2, 0.25) is 0 Å². The zero-order chi connectivity index (χ0) is 27.1. The molecule has 3 fully saturated rings. The molecule has 0 heterocycles. The predicted molar refractivity (Wildman–Crippen MR) is 145 cm³/mol. The number of hydrogen-bond acceptors (Lipinski definition) is 5. The monoisotopic (exact) mass is 522 g/mol. The maximum absolute atomic E-state index is 12.4. The van der Waals surface area contributed by atoms with Crippen molar-refractivity contribution in [1.82, 2.24) is 5.32 Å². The molecule has 206 valence electrons. The van der Waals surface area contributed by atoms with E-state index in [1.54, 1.807) is 0 Å². The summed E-state index contributed by atoms with van der Waals surface area (Å²) < 4.78 is 0. The van der Waals surface area contributed by atoms with Crippen LogP contribution in [0.1, 0.15) is 77.7 Å². The molecule has 38 heavy (non-hydrogen) atoms. The number of nitrogens with zero attached hydrogens (tertiary/aromatic N) is 1. The number of allylic oxidation sites excluding steroid dienone is 2. The average Bonchev–Trinajstić information content (AvgIpc) is 3.13. The number of oxime groups is 1. The van der Waals surface area contributed by atoms with Gasteiger partial charge in [0.15, 0.2) is 6.61 Å². The van der Waals surface area contributed by atoms with Gasteiger partial charge in [-0.15, -0.1) is 0 Å². The Balaban J connectivity index is 1.19. The molecule has 3 saturated carbocycles. The molecule has 1 aromatic carbocycles. The number of carbonyl (C=O) groups is 2. The summed E-state index contributed by atoms with van der Waals surface area (Å²) >= 11 is 0. The minimum Gasteiger partial charge on any atom is -0.480 e. The van der Waals surface area contributed by atoms with Crippen LogP contribution >= 0.6 is 0 Å². The largest absolute Gasteiger partial charge is 0.480 e. The molecule has 7 atom stereocenters. The second-order valence-corrected chi connectivity index (χ2v) is 12.8. The Morgan fingerprint density at radius 3 is 2.53 bits per heavy atom. The summed E-state index contributed by atoms with van der Waals surface area (Å²) in [5.74, 6) is 0.332. The van der Waals surface area contributed by atoms with Crippen molar-refractivity contribution < 1.29 is 24.6 Å². The molecule has 5 rings (SSSR count). The third-order valence-electron chi connectivity index (χ3n) is 10.8. The van der Waals surface area contributed by atoms with Crippen LogP contribution < -0.4 is 5.32 Å². The average molecular weight is 523 g/mol. The Kier molecular flexibility index (Phi) is 7.18. The maximum atomic E-state index is 12.4. The summed E-state index contributed by atoms with van der Waals surface area (Å²) in [6.07, 6.45) is 10.7. The SMILES string of the molecule is C[C@]12CC/C(=N/OCC(=O)N[C@@H](Cc3ccccc3)C(=O)O)C=C1CC[C@@H]1[C@@H]2CC[C@@]2(C)[C@H]1CC[C@]2(C)O. The van der Waals surface area contributed by atoms with E-state index in [-0.39, 0.29) is 23.9 Å². The van der Waals surface area contributed by atoms with E-state index in [0.717, 1.165) is 56.2 Å². The first-order valence-corrected chi connectivity index (χ1v) is 14.2. The fourth-order valence-corrected chi connectivity index (χ4v) is 8.35. The standard InChI is InChI=1S/C31H42N2O5/c1-29-14-11-22(33-38-19-27(34)32-26(28(35)36)17-20-7-5-4-6-8-20)18-21(29)9-10-23-24(29)12-15-30(2)25(23)13-16-31(30,3)37/h4-8,18,23-26,37H,9-17,19H2,1-3H3,(H,32,34)(H,35,36)/b33-22-/t23-,24+,25+,26+,29+,30+,31+/m1/s1. The zero-order valence-corrected chi connectivity index (χ0v) is 22.9. The Hall–Kier alpha value is -2.67. The molecule has 7 nitrogen and oxygen atoms in total. The lowest BCUT2D eigenvalue weighted by Crippen LogP contribution is -2.53. The van der Waals surface area contributed by atoms with Crippen LogP contribution in [0, 0.1) is 28.6 Å². The van der Waals surface area contributed by atoms with Crippen LogP contribution in [0.25, 0.3) is 0 Å². The number of aliphatic carboxylic acids is 1. The van der Waals surface area contributed by atoms with E-state index in [4.69, 9.17) is 4.84 Å². The molecule has 0 unspecified atom stereocenters. The van der Waals surface area contributed by atoms with Crippen LogP contribution in [0.5, 0.6) is 0 Å². The highest BCUT2D eigenvalue weighted by Crippen LogP contribution is 2.67. The van der Waals surface area contributed by atoms with Crippen LogP contribution in [0.3, 0.4) is 0 Å². The topological polar surface area (TPSA) is 108 Å². The number of carbonyl (C=O) groups excluding carboxylic acids is 1. The van der Waals surface area contributed by atoms with Gasteiger partial charge in [0.25, 0.3) is 5.91 Å². The van der Waals surface area contributed by atoms with Crippen molar-refractivity contribution in [3.63, 3.8) is 0 Å². The first-order valence-electron chi connectivity index (χ1n) is 14.2. The van der Waals surface area contributed by atoms with Crippen LogP contribution in [0.2, 0.25) is 0 Å². The number of amides is 1. The number of rotatable bonds is 7. The highest BCUT2D eigenvalue weighted by atomic mass is 16.6. The van der Waals surface area contributed by atoms with Gasteiger partial charge in [-0.1, -0.05) is 54.9 Å². The van der Waals surface area contributed by atoms with Crippen molar-refractivity contribution >= 4 is 17.6 Å².